The van der Waals surface area contributed by atoms with Gasteiger partial charge in [0.25, 0.3) is 0 Å². The molecule has 0 saturated carbocycles. The van der Waals surface area contributed by atoms with Crippen LogP contribution in [0.15, 0.2) is 23.5 Å². The van der Waals surface area contributed by atoms with Gasteiger partial charge in [-0.05, 0) is 26.8 Å². The Labute approximate surface area is 91.9 Å². The van der Waals surface area contributed by atoms with Gasteiger partial charge in [0.1, 0.15) is 0 Å². The van der Waals surface area contributed by atoms with Gasteiger partial charge < -0.3 is 4.90 Å². The Morgan fingerprint density at radius 3 is 2.60 bits per heavy atom. The van der Waals surface area contributed by atoms with Gasteiger partial charge in [0.15, 0.2) is 0 Å². The van der Waals surface area contributed by atoms with Crippen molar-refractivity contribution in [3.63, 3.8) is 0 Å². The SMILES string of the molecule is C/N=C\c1cnccc1N(C)C(C)(C)C. The fourth-order valence-corrected chi connectivity index (χ4v) is 1.30. The molecule has 1 rings (SSSR count). The second-order valence-electron chi connectivity index (χ2n) is 4.55. The highest BCUT2D eigenvalue weighted by atomic mass is 15.2. The van der Waals surface area contributed by atoms with Crippen LogP contribution in [-0.4, -0.2) is 30.8 Å². The van der Waals surface area contributed by atoms with Gasteiger partial charge in [-0.2, -0.15) is 0 Å². The molecule has 0 spiro atoms. The maximum atomic E-state index is 4.11. The van der Waals surface area contributed by atoms with Crippen LogP contribution >= 0.6 is 0 Å². The zero-order valence-electron chi connectivity index (χ0n) is 10.2. The monoisotopic (exact) mass is 205 g/mol. The molecule has 1 heterocycles. The van der Waals surface area contributed by atoms with Crippen molar-refractivity contribution in [1.29, 1.82) is 0 Å². The highest BCUT2D eigenvalue weighted by molar-refractivity contribution is 5.87. The molecular formula is C12H19N3. The van der Waals surface area contributed by atoms with E-state index in [9.17, 15) is 0 Å². The summed E-state index contributed by atoms with van der Waals surface area (Å²) in [4.78, 5) is 10.4. The average Bonchev–Trinajstić information content (AvgIpc) is 2.17. The minimum atomic E-state index is 0.0949. The quantitative estimate of drug-likeness (QED) is 0.693. The second kappa shape index (κ2) is 4.43. The van der Waals surface area contributed by atoms with Crippen molar-refractivity contribution in [2.45, 2.75) is 26.3 Å². The molecule has 1 aromatic rings. The smallest absolute Gasteiger partial charge is 0.0488 e. The van der Waals surface area contributed by atoms with Gasteiger partial charge in [0.2, 0.25) is 0 Å². The van der Waals surface area contributed by atoms with Crippen molar-refractivity contribution in [3.8, 4) is 0 Å². The van der Waals surface area contributed by atoms with Crippen molar-refractivity contribution in [1.82, 2.24) is 4.98 Å². The van der Waals surface area contributed by atoms with Crippen LogP contribution in [0.5, 0.6) is 0 Å². The van der Waals surface area contributed by atoms with Gasteiger partial charge in [-0.15, -0.1) is 0 Å². The van der Waals surface area contributed by atoms with E-state index in [0.717, 1.165) is 11.3 Å². The maximum absolute atomic E-state index is 4.11. The number of rotatable bonds is 2. The number of aromatic nitrogens is 1. The Bertz CT molecular complexity index is 350. The summed E-state index contributed by atoms with van der Waals surface area (Å²) in [5.74, 6) is 0. The Kier molecular flexibility index (Phi) is 3.45. The summed E-state index contributed by atoms with van der Waals surface area (Å²) in [6.45, 7) is 6.54. The molecule has 0 aliphatic heterocycles. The minimum Gasteiger partial charge on any atom is -0.369 e. The van der Waals surface area contributed by atoms with Crippen LogP contribution in [-0.2, 0) is 0 Å². The first kappa shape index (κ1) is 11.7. The van der Waals surface area contributed by atoms with Crippen LogP contribution in [0.3, 0.4) is 0 Å². The first-order chi connectivity index (χ1) is 6.96. The molecule has 0 aliphatic rings. The van der Waals surface area contributed by atoms with Crippen LogP contribution in [0.1, 0.15) is 26.3 Å². The van der Waals surface area contributed by atoms with Crippen LogP contribution in [0.25, 0.3) is 0 Å². The van der Waals surface area contributed by atoms with Gasteiger partial charge in [0.05, 0.1) is 0 Å². The van der Waals surface area contributed by atoms with Gasteiger partial charge >= 0.3 is 0 Å². The molecule has 0 bridgehead atoms. The zero-order valence-corrected chi connectivity index (χ0v) is 10.2. The molecule has 0 radical (unpaired) electrons. The lowest BCUT2D eigenvalue weighted by atomic mass is 10.0. The minimum absolute atomic E-state index is 0.0949. The molecule has 3 nitrogen and oxygen atoms in total. The molecule has 0 aromatic carbocycles. The number of aliphatic imine (C=N–C) groups is 1. The molecule has 0 atom stereocenters. The third-order valence-electron chi connectivity index (χ3n) is 2.46. The number of pyridine rings is 1. The van der Waals surface area contributed by atoms with E-state index in [-0.39, 0.29) is 5.54 Å². The first-order valence-electron chi connectivity index (χ1n) is 5.07. The van der Waals surface area contributed by atoms with Crippen LogP contribution in [0.4, 0.5) is 5.69 Å². The fourth-order valence-electron chi connectivity index (χ4n) is 1.30. The van der Waals surface area contributed by atoms with E-state index >= 15 is 0 Å². The summed E-state index contributed by atoms with van der Waals surface area (Å²) >= 11 is 0. The Morgan fingerprint density at radius 2 is 2.07 bits per heavy atom. The van der Waals surface area contributed by atoms with Crippen LogP contribution in [0.2, 0.25) is 0 Å². The Balaban J connectivity index is 3.13. The van der Waals surface area contributed by atoms with Crippen molar-refractivity contribution in [2.75, 3.05) is 19.0 Å². The summed E-state index contributed by atoms with van der Waals surface area (Å²) in [7, 11) is 3.86. The molecule has 0 amide bonds. The lowest BCUT2D eigenvalue weighted by molar-refractivity contribution is 0.538. The third kappa shape index (κ3) is 2.78. The topological polar surface area (TPSA) is 28.5 Å². The van der Waals surface area contributed by atoms with Gasteiger partial charge in [-0.3, -0.25) is 9.98 Å². The predicted molar refractivity (Wildman–Crippen MR) is 65.9 cm³/mol. The van der Waals surface area contributed by atoms with Gasteiger partial charge in [-0.1, -0.05) is 0 Å². The summed E-state index contributed by atoms with van der Waals surface area (Å²) in [5, 5.41) is 0. The van der Waals surface area contributed by atoms with E-state index in [1.807, 2.05) is 24.7 Å². The molecule has 0 unspecified atom stereocenters. The molecule has 3 heteroatoms. The molecular weight excluding hydrogens is 186 g/mol. The lowest BCUT2D eigenvalue weighted by Crippen LogP contribution is -2.38. The van der Waals surface area contributed by atoms with E-state index in [1.165, 1.54) is 0 Å². The van der Waals surface area contributed by atoms with Crippen molar-refractivity contribution in [3.05, 3.63) is 24.0 Å². The van der Waals surface area contributed by atoms with Crippen molar-refractivity contribution < 1.29 is 0 Å². The van der Waals surface area contributed by atoms with Crippen LogP contribution < -0.4 is 4.90 Å². The van der Waals surface area contributed by atoms with E-state index in [4.69, 9.17) is 0 Å². The molecule has 0 N–H and O–H groups in total. The van der Waals surface area contributed by atoms with Crippen molar-refractivity contribution in [2.24, 2.45) is 4.99 Å². The normalized spacial score (nSPS) is 12.1. The summed E-state index contributed by atoms with van der Waals surface area (Å²) in [5.41, 5.74) is 2.30. The summed E-state index contributed by atoms with van der Waals surface area (Å²) < 4.78 is 0. The van der Waals surface area contributed by atoms with E-state index < -0.39 is 0 Å². The number of nitrogens with zero attached hydrogens (tertiary/aromatic N) is 3. The third-order valence-corrected chi connectivity index (χ3v) is 2.46. The number of anilines is 1. The molecule has 15 heavy (non-hydrogen) atoms. The highest BCUT2D eigenvalue weighted by Crippen LogP contribution is 2.23. The Hall–Kier alpha value is -1.38. The van der Waals surface area contributed by atoms with Gasteiger partial charge in [-0.25, -0.2) is 0 Å². The van der Waals surface area contributed by atoms with E-state index in [0.29, 0.717) is 0 Å². The number of hydrogen-bond donors (Lipinski definition) is 0. The number of hydrogen-bond acceptors (Lipinski definition) is 3. The van der Waals surface area contributed by atoms with E-state index in [1.54, 1.807) is 7.05 Å². The maximum Gasteiger partial charge on any atom is 0.0488 e. The second-order valence-corrected chi connectivity index (χ2v) is 4.55. The average molecular weight is 205 g/mol. The van der Waals surface area contributed by atoms with Crippen molar-refractivity contribution >= 4 is 11.9 Å². The van der Waals surface area contributed by atoms with Crippen LogP contribution in [0, 0.1) is 0 Å². The Morgan fingerprint density at radius 1 is 1.40 bits per heavy atom. The lowest BCUT2D eigenvalue weighted by Gasteiger charge is -2.34. The largest absolute Gasteiger partial charge is 0.369 e. The predicted octanol–water partition coefficient (Wildman–Crippen LogP) is 2.37. The fraction of sp³-hybridized carbons (Fsp3) is 0.500. The molecule has 0 fully saturated rings. The first-order valence-corrected chi connectivity index (χ1v) is 5.07. The highest BCUT2D eigenvalue weighted by Gasteiger charge is 2.19. The van der Waals surface area contributed by atoms with Gasteiger partial charge in [0, 0.05) is 49.5 Å². The standard InChI is InChI=1S/C12H19N3/c1-12(2,3)15(5)11-6-7-14-9-10(11)8-13-4/h6-9H,1-5H3/b13-8-. The summed E-state index contributed by atoms with van der Waals surface area (Å²) in [6.07, 6.45) is 5.49. The molecule has 0 aliphatic carbocycles. The molecule has 82 valence electrons. The van der Waals surface area contributed by atoms with E-state index in [2.05, 4.69) is 42.7 Å². The zero-order chi connectivity index (χ0) is 11.5. The molecule has 1 aromatic heterocycles. The summed E-state index contributed by atoms with van der Waals surface area (Å²) in [6, 6.07) is 2.02. The molecule has 0 saturated heterocycles.